The highest BCUT2D eigenvalue weighted by Gasteiger charge is 2.30. The first kappa shape index (κ1) is 12.3. The molecule has 94 valence electrons. The maximum atomic E-state index is 12.3. The Morgan fingerprint density at radius 3 is 2.22 bits per heavy atom. The van der Waals surface area contributed by atoms with Crippen molar-refractivity contribution >= 4 is 5.78 Å². The van der Waals surface area contributed by atoms with Crippen LogP contribution < -0.4 is 0 Å². The van der Waals surface area contributed by atoms with E-state index in [2.05, 4.69) is 5.10 Å². The molecule has 0 atom stereocenters. The van der Waals surface area contributed by atoms with E-state index < -0.39 is 17.5 Å². The maximum Gasteiger partial charge on any atom is 0.416 e. The van der Waals surface area contributed by atoms with Crippen LogP contribution in [0.5, 0.6) is 0 Å². The zero-order valence-electron chi connectivity index (χ0n) is 9.40. The molecule has 0 unspecified atom stereocenters. The molecule has 0 saturated heterocycles. The van der Waals surface area contributed by atoms with Gasteiger partial charge in [-0.1, -0.05) is 12.1 Å². The lowest BCUT2D eigenvalue weighted by molar-refractivity contribution is -0.137. The van der Waals surface area contributed by atoms with Crippen molar-refractivity contribution in [3.63, 3.8) is 0 Å². The Morgan fingerprint density at radius 1 is 1.17 bits per heavy atom. The van der Waals surface area contributed by atoms with Crippen molar-refractivity contribution in [3.05, 3.63) is 53.3 Å². The first-order chi connectivity index (χ1) is 8.38. The number of hydrogen-bond donors (Lipinski definition) is 0. The van der Waals surface area contributed by atoms with Gasteiger partial charge >= 0.3 is 6.18 Å². The van der Waals surface area contributed by atoms with Gasteiger partial charge < -0.3 is 0 Å². The molecule has 18 heavy (non-hydrogen) atoms. The summed E-state index contributed by atoms with van der Waals surface area (Å²) in [5.41, 5.74) is -0.390. The van der Waals surface area contributed by atoms with Crippen molar-refractivity contribution in [2.24, 2.45) is 7.05 Å². The monoisotopic (exact) mass is 254 g/mol. The number of carbonyl (C=O) groups excluding carboxylic acids is 1. The third-order valence-electron chi connectivity index (χ3n) is 2.42. The highest BCUT2D eigenvalue weighted by Crippen LogP contribution is 2.29. The number of nitrogens with zero attached hydrogens (tertiary/aromatic N) is 2. The molecule has 0 bridgehead atoms. The number of hydrogen-bond acceptors (Lipinski definition) is 2. The van der Waals surface area contributed by atoms with E-state index in [-0.39, 0.29) is 11.3 Å². The minimum atomic E-state index is -4.40. The van der Waals surface area contributed by atoms with E-state index in [9.17, 15) is 18.0 Å². The van der Waals surface area contributed by atoms with Crippen molar-refractivity contribution in [1.29, 1.82) is 0 Å². The summed E-state index contributed by atoms with van der Waals surface area (Å²) in [4.78, 5) is 11.9. The van der Waals surface area contributed by atoms with Crippen molar-refractivity contribution < 1.29 is 18.0 Å². The lowest BCUT2D eigenvalue weighted by Crippen LogP contribution is -2.07. The number of alkyl halides is 3. The molecular weight excluding hydrogens is 245 g/mol. The molecule has 0 aliphatic rings. The fourth-order valence-electron chi connectivity index (χ4n) is 1.49. The number of aryl methyl sites for hydroxylation is 1. The molecule has 0 radical (unpaired) electrons. The third kappa shape index (κ3) is 2.42. The summed E-state index contributed by atoms with van der Waals surface area (Å²) < 4.78 is 38.5. The van der Waals surface area contributed by atoms with E-state index in [4.69, 9.17) is 0 Å². The number of aromatic nitrogens is 2. The van der Waals surface area contributed by atoms with Gasteiger partial charge in [0.1, 0.15) is 5.69 Å². The molecule has 1 aromatic carbocycles. The summed E-state index contributed by atoms with van der Waals surface area (Å²) in [6.45, 7) is 0. The first-order valence-corrected chi connectivity index (χ1v) is 5.09. The zero-order valence-corrected chi connectivity index (χ0v) is 9.40. The van der Waals surface area contributed by atoms with Gasteiger partial charge in [-0.15, -0.1) is 0 Å². The van der Waals surface area contributed by atoms with Gasteiger partial charge in [0.2, 0.25) is 5.78 Å². The fourth-order valence-corrected chi connectivity index (χ4v) is 1.49. The number of carbonyl (C=O) groups is 1. The molecule has 6 heteroatoms. The number of ketones is 1. The first-order valence-electron chi connectivity index (χ1n) is 5.09. The van der Waals surface area contributed by atoms with Crippen LogP contribution in [0.2, 0.25) is 0 Å². The number of rotatable bonds is 2. The number of halogens is 3. The lowest BCUT2D eigenvalue weighted by Gasteiger charge is -2.06. The highest BCUT2D eigenvalue weighted by molar-refractivity contribution is 6.07. The van der Waals surface area contributed by atoms with Gasteiger partial charge in [-0.3, -0.25) is 9.48 Å². The van der Waals surface area contributed by atoms with Gasteiger partial charge in [-0.25, -0.2) is 0 Å². The molecule has 0 spiro atoms. The van der Waals surface area contributed by atoms with Crippen molar-refractivity contribution in [3.8, 4) is 0 Å². The molecule has 2 rings (SSSR count). The highest BCUT2D eigenvalue weighted by atomic mass is 19.4. The van der Waals surface area contributed by atoms with Gasteiger partial charge in [0.05, 0.1) is 5.56 Å². The van der Waals surface area contributed by atoms with E-state index in [1.54, 1.807) is 13.2 Å². The van der Waals surface area contributed by atoms with Crippen molar-refractivity contribution in [2.45, 2.75) is 6.18 Å². The second-order valence-corrected chi connectivity index (χ2v) is 3.78. The Balaban J connectivity index is 2.28. The Morgan fingerprint density at radius 2 is 1.78 bits per heavy atom. The molecule has 1 heterocycles. The van der Waals surface area contributed by atoms with Crippen LogP contribution in [0.4, 0.5) is 13.2 Å². The predicted octanol–water partition coefficient (Wildman–Crippen LogP) is 2.67. The molecule has 1 aromatic heterocycles. The van der Waals surface area contributed by atoms with Crippen LogP contribution in [0.1, 0.15) is 21.6 Å². The number of benzene rings is 1. The maximum absolute atomic E-state index is 12.3. The second-order valence-electron chi connectivity index (χ2n) is 3.78. The average molecular weight is 254 g/mol. The summed E-state index contributed by atoms with van der Waals surface area (Å²) in [6.07, 6.45) is -2.80. The van der Waals surface area contributed by atoms with Crippen LogP contribution in [0.25, 0.3) is 0 Å². The minimum absolute atomic E-state index is 0.182. The Hall–Kier alpha value is -2.11. The summed E-state index contributed by atoms with van der Waals surface area (Å²) in [5, 5.41) is 3.90. The molecule has 0 N–H and O–H groups in total. The SMILES string of the molecule is Cn1ccc(C(=O)c2ccc(C(F)(F)F)cc2)n1. The summed E-state index contributed by atoms with van der Waals surface area (Å²) in [5.74, 6) is -0.399. The zero-order chi connectivity index (χ0) is 13.3. The molecule has 0 fully saturated rings. The third-order valence-corrected chi connectivity index (χ3v) is 2.42. The van der Waals surface area contributed by atoms with E-state index in [0.717, 1.165) is 24.3 Å². The van der Waals surface area contributed by atoms with Crippen molar-refractivity contribution in [2.75, 3.05) is 0 Å². The topological polar surface area (TPSA) is 34.9 Å². The van der Waals surface area contributed by atoms with E-state index in [1.807, 2.05) is 0 Å². The van der Waals surface area contributed by atoms with Gasteiger partial charge in [-0.05, 0) is 18.2 Å². The summed E-state index contributed by atoms with van der Waals surface area (Å²) in [6, 6.07) is 5.59. The van der Waals surface area contributed by atoms with Gasteiger partial charge in [0.15, 0.2) is 0 Å². The smallest absolute Gasteiger partial charge is 0.287 e. The Kier molecular flexibility index (Phi) is 2.94. The standard InChI is InChI=1S/C12H9F3N2O/c1-17-7-6-10(16-17)11(18)8-2-4-9(5-3-8)12(13,14)15/h2-7H,1H3. The molecule has 0 aliphatic heterocycles. The quantitative estimate of drug-likeness (QED) is 0.772. The molecule has 3 nitrogen and oxygen atoms in total. The molecule has 0 amide bonds. The van der Waals surface area contributed by atoms with Gasteiger partial charge in [-0.2, -0.15) is 18.3 Å². The normalized spacial score (nSPS) is 11.6. The van der Waals surface area contributed by atoms with E-state index in [1.165, 1.54) is 10.7 Å². The van der Waals surface area contributed by atoms with Crippen LogP contribution in [-0.2, 0) is 13.2 Å². The van der Waals surface area contributed by atoms with Crippen LogP contribution in [0.3, 0.4) is 0 Å². The van der Waals surface area contributed by atoms with Gasteiger partial charge in [0.25, 0.3) is 0 Å². The molecule has 0 saturated carbocycles. The summed E-state index contributed by atoms with van der Waals surface area (Å²) in [7, 11) is 1.66. The lowest BCUT2D eigenvalue weighted by atomic mass is 10.1. The van der Waals surface area contributed by atoms with E-state index in [0.29, 0.717) is 0 Å². The largest absolute Gasteiger partial charge is 0.416 e. The Labute approximate surface area is 101 Å². The van der Waals surface area contributed by atoms with Crippen LogP contribution >= 0.6 is 0 Å². The van der Waals surface area contributed by atoms with Gasteiger partial charge in [0, 0.05) is 18.8 Å². The van der Waals surface area contributed by atoms with Crippen LogP contribution in [0, 0.1) is 0 Å². The summed E-state index contributed by atoms with van der Waals surface area (Å²) >= 11 is 0. The van der Waals surface area contributed by atoms with Crippen LogP contribution in [-0.4, -0.2) is 15.6 Å². The average Bonchev–Trinajstić information content (AvgIpc) is 2.74. The van der Waals surface area contributed by atoms with E-state index >= 15 is 0 Å². The molecule has 2 aromatic rings. The molecular formula is C12H9F3N2O. The van der Waals surface area contributed by atoms with Crippen molar-refractivity contribution in [1.82, 2.24) is 9.78 Å². The second kappa shape index (κ2) is 4.29. The fraction of sp³-hybridized carbons (Fsp3) is 0.167. The molecule has 0 aliphatic carbocycles. The predicted molar refractivity (Wildman–Crippen MR) is 58.1 cm³/mol. The minimum Gasteiger partial charge on any atom is -0.287 e. The van der Waals surface area contributed by atoms with Crippen LogP contribution in [0.15, 0.2) is 36.5 Å². The Bertz CT molecular complexity index is 570.